The molecular weight excluding hydrogens is 442 g/mol. The highest BCUT2D eigenvalue weighted by Gasteiger charge is 2.46. The fourth-order valence-corrected chi connectivity index (χ4v) is 5.74. The Bertz CT molecular complexity index is 1100. The molecule has 2 fully saturated rings. The predicted molar refractivity (Wildman–Crippen MR) is 123 cm³/mol. The van der Waals surface area contributed by atoms with Gasteiger partial charge in [-0.05, 0) is 48.7 Å². The van der Waals surface area contributed by atoms with E-state index in [0.717, 1.165) is 12.0 Å². The van der Waals surface area contributed by atoms with Gasteiger partial charge in [0.15, 0.2) is 0 Å². The van der Waals surface area contributed by atoms with Gasteiger partial charge in [0.25, 0.3) is 5.91 Å². The van der Waals surface area contributed by atoms with Crippen LogP contribution in [0.4, 0.5) is 0 Å². The Labute approximate surface area is 193 Å². The number of carbonyl (C=O) groups excluding carboxylic acids is 2. The van der Waals surface area contributed by atoms with E-state index in [1.807, 2.05) is 30.3 Å². The predicted octanol–water partition coefficient (Wildman–Crippen LogP) is 1.70. The van der Waals surface area contributed by atoms with Gasteiger partial charge in [0.1, 0.15) is 6.23 Å². The van der Waals surface area contributed by atoms with Crippen molar-refractivity contribution in [3.8, 4) is 0 Å². The first-order valence-electron chi connectivity index (χ1n) is 10.9. The van der Waals surface area contributed by atoms with Crippen LogP contribution in [-0.4, -0.2) is 56.5 Å². The molecule has 3 unspecified atom stereocenters. The molecule has 33 heavy (non-hydrogen) atoms. The molecular formula is C24H27N3O5S. The Morgan fingerprint density at radius 2 is 1.82 bits per heavy atom. The smallest absolute Gasteiger partial charge is 0.251 e. The Balaban J connectivity index is 1.31. The number of hydrogen-bond donors (Lipinski definition) is 2. The van der Waals surface area contributed by atoms with E-state index in [4.69, 9.17) is 4.74 Å². The third kappa shape index (κ3) is 5.32. The number of hydrogen-bond acceptors (Lipinski definition) is 5. The molecule has 2 aromatic carbocycles. The van der Waals surface area contributed by atoms with Gasteiger partial charge in [0.05, 0.1) is 11.0 Å². The molecule has 2 N–H and O–H groups in total. The second kappa shape index (κ2) is 9.86. The number of nitrogens with zero attached hydrogens (tertiary/aromatic N) is 1. The third-order valence-corrected chi connectivity index (χ3v) is 7.83. The molecule has 2 heterocycles. The lowest BCUT2D eigenvalue weighted by Gasteiger charge is -2.19. The van der Waals surface area contributed by atoms with Gasteiger partial charge in [-0.2, -0.15) is 4.31 Å². The van der Waals surface area contributed by atoms with E-state index in [9.17, 15) is 18.0 Å². The van der Waals surface area contributed by atoms with Crippen LogP contribution in [0.15, 0.2) is 72.1 Å². The summed E-state index contributed by atoms with van der Waals surface area (Å²) in [5.74, 6) is -0.537. The minimum atomic E-state index is -3.70. The molecule has 0 aromatic heterocycles. The summed E-state index contributed by atoms with van der Waals surface area (Å²) in [7, 11) is -3.70. The summed E-state index contributed by atoms with van der Waals surface area (Å²) in [6.07, 6.45) is 1.77. The zero-order valence-electron chi connectivity index (χ0n) is 18.1. The second-order valence-corrected chi connectivity index (χ2v) is 10.1. The Hall–Kier alpha value is -3.01. The standard InChI is InChI=1S/C24H27N3O5S/c1-2-22(28)26-23-14-19-15-27(16-21(19)32-23)33(30,31)20-10-8-18(9-11-20)24(29)25-13-12-17-6-4-3-5-7-17/h2-11,19,21,23H,1,12-16H2,(H,25,29)(H,26,28). The summed E-state index contributed by atoms with van der Waals surface area (Å²) in [6, 6.07) is 15.8. The zero-order chi connectivity index (χ0) is 23.4. The molecule has 2 amide bonds. The molecule has 0 bridgehead atoms. The molecule has 2 aromatic rings. The maximum absolute atomic E-state index is 13.1. The van der Waals surface area contributed by atoms with Crippen molar-refractivity contribution in [3.63, 3.8) is 0 Å². The molecule has 2 aliphatic rings. The van der Waals surface area contributed by atoms with Crippen molar-refractivity contribution in [1.82, 2.24) is 14.9 Å². The van der Waals surface area contributed by atoms with E-state index >= 15 is 0 Å². The molecule has 4 rings (SSSR count). The number of amides is 2. The quantitative estimate of drug-likeness (QED) is 0.573. The van der Waals surface area contributed by atoms with E-state index in [2.05, 4.69) is 17.2 Å². The van der Waals surface area contributed by atoms with Crippen LogP contribution >= 0.6 is 0 Å². The molecule has 0 saturated carbocycles. The summed E-state index contributed by atoms with van der Waals surface area (Å²) in [6.45, 7) is 4.47. The minimum absolute atomic E-state index is 0.0181. The Morgan fingerprint density at radius 1 is 1.09 bits per heavy atom. The molecule has 2 aliphatic heterocycles. The lowest BCUT2D eigenvalue weighted by Crippen LogP contribution is -2.37. The maximum atomic E-state index is 13.1. The SMILES string of the molecule is C=CC(=O)NC1CC2CN(S(=O)(=O)c3ccc(C(=O)NCCc4ccccc4)cc3)CC2O1. The average Bonchev–Trinajstić information content (AvgIpc) is 3.39. The van der Waals surface area contributed by atoms with Crippen molar-refractivity contribution in [2.75, 3.05) is 19.6 Å². The number of fused-ring (bicyclic) bond motifs is 1. The molecule has 174 valence electrons. The van der Waals surface area contributed by atoms with Crippen LogP contribution in [0.2, 0.25) is 0 Å². The van der Waals surface area contributed by atoms with E-state index in [0.29, 0.717) is 25.1 Å². The highest BCUT2D eigenvalue weighted by Crippen LogP contribution is 2.34. The van der Waals surface area contributed by atoms with Crippen molar-refractivity contribution < 1.29 is 22.7 Å². The third-order valence-electron chi connectivity index (χ3n) is 5.99. The lowest BCUT2D eigenvalue weighted by atomic mass is 10.1. The first-order valence-corrected chi connectivity index (χ1v) is 12.3. The highest BCUT2D eigenvalue weighted by atomic mass is 32.2. The molecule has 0 aliphatic carbocycles. The van der Waals surface area contributed by atoms with E-state index < -0.39 is 16.3 Å². The zero-order valence-corrected chi connectivity index (χ0v) is 19.0. The average molecular weight is 470 g/mol. The van der Waals surface area contributed by atoms with Gasteiger partial charge in [-0.15, -0.1) is 0 Å². The van der Waals surface area contributed by atoms with Crippen LogP contribution in [0.25, 0.3) is 0 Å². The van der Waals surface area contributed by atoms with Crippen molar-refractivity contribution >= 4 is 21.8 Å². The van der Waals surface area contributed by atoms with Crippen LogP contribution < -0.4 is 10.6 Å². The first kappa shape index (κ1) is 23.2. The molecule has 2 saturated heterocycles. The summed E-state index contributed by atoms with van der Waals surface area (Å²) in [5.41, 5.74) is 1.54. The van der Waals surface area contributed by atoms with E-state index in [1.54, 1.807) is 0 Å². The van der Waals surface area contributed by atoms with Crippen LogP contribution in [-0.2, 0) is 26.0 Å². The lowest BCUT2D eigenvalue weighted by molar-refractivity contribution is -0.120. The highest BCUT2D eigenvalue weighted by molar-refractivity contribution is 7.89. The maximum Gasteiger partial charge on any atom is 0.251 e. The molecule has 3 atom stereocenters. The number of nitrogens with one attached hydrogen (secondary N) is 2. The number of sulfonamides is 1. The van der Waals surface area contributed by atoms with Gasteiger partial charge in [-0.25, -0.2) is 8.42 Å². The van der Waals surface area contributed by atoms with Crippen molar-refractivity contribution in [2.45, 2.75) is 30.1 Å². The Morgan fingerprint density at radius 3 is 2.48 bits per heavy atom. The van der Waals surface area contributed by atoms with Crippen LogP contribution in [0, 0.1) is 5.92 Å². The second-order valence-electron chi connectivity index (χ2n) is 8.21. The largest absolute Gasteiger partial charge is 0.354 e. The van der Waals surface area contributed by atoms with Gasteiger partial charge in [0, 0.05) is 31.1 Å². The van der Waals surface area contributed by atoms with Gasteiger partial charge >= 0.3 is 0 Å². The fraction of sp³-hybridized carbons (Fsp3) is 0.333. The number of carbonyl (C=O) groups is 2. The minimum Gasteiger partial charge on any atom is -0.354 e. The molecule has 0 radical (unpaired) electrons. The molecule has 0 spiro atoms. The summed E-state index contributed by atoms with van der Waals surface area (Å²) in [4.78, 5) is 24.0. The van der Waals surface area contributed by atoms with Gasteiger partial charge in [-0.3, -0.25) is 9.59 Å². The number of ether oxygens (including phenoxy) is 1. The summed E-state index contributed by atoms with van der Waals surface area (Å²) >= 11 is 0. The first-order chi connectivity index (χ1) is 15.9. The van der Waals surface area contributed by atoms with Gasteiger partial charge in [0.2, 0.25) is 15.9 Å². The van der Waals surface area contributed by atoms with Crippen molar-refractivity contribution in [2.24, 2.45) is 5.92 Å². The van der Waals surface area contributed by atoms with Gasteiger partial charge in [-0.1, -0.05) is 36.9 Å². The monoisotopic (exact) mass is 469 g/mol. The van der Waals surface area contributed by atoms with E-state index in [1.165, 1.54) is 34.6 Å². The van der Waals surface area contributed by atoms with Gasteiger partial charge < -0.3 is 15.4 Å². The van der Waals surface area contributed by atoms with Crippen LogP contribution in [0.3, 0.4) is 0 Å². The van der Waals surface area contributed by atoms with Crippen molar-refractivity contribution in [3.05, 3.63) is 78.4 Å². The van der Waals surface area contributed by atoms with Crippen molar-refractivity contribution in [1.29, 1.82) is 0 Å². The summed E-state index contributed by atoms with van der Waals surface area (Å²) < 4.78 is 33.3. The molecule has 9 heteroatoms. The van der Waals surface area contributed by atoms with E-state index in [-0.39, 0.29) is 35.3 Å². The normalized spacial score (nSPS) is 22.5. The number of rotatable bonds is 8. The van der Waals surface area contributed by atoms with Crippen LogP contribution in [0.1, 0.15) is 22.3 Å². The Kier molecular flexibility index (Phi) is 6.92. The summed E-state index contributed by atoms with van der Waals surface area (Å²) in [5, 5.41) is 5.56. The van der Waals surface area contributed by atoms with Crippen LogP contribution in [0.5, 0.6) is 0 Å². The molecule has 8 nitrogen and oxygen atoms in total. The fourth-order valence-electron chi connectivity index (χ4n) is 4.23. The topological polar surface area (TPSA) is 105 Å². The number of benzene rings is 2.